The van der Waals surface area contributed by atoms with Crippen LogP contribution in [0.15, 0.2) is 41.4 Å². The minimum Gasteiger partial charge on any atom is -0.493 e. The van der Waals surface area contributed by atoms with Gasteiger partial charge in [0, 0.05) is 6.21 Å². The molecule has 0 fully saturated rings. The highest BCUT2D eigenvalue weighted by atomic mass is 19.1. The van der Waals surface area contributed by atoms with E-state index < -0.39 is 0 Å². The van der Waals surface area contributed by atoms with Crippen LogP contribution in [0.5, 0.6) is 11.5 Å². The normalized spacial score (nSPS) is 16.9. The largest absolute Gasteiger partial charge is 0.493 e. The van der Waals surface area contributed by atoms with E-state index >= 15 is 0 Å². The smallest absolute Gasteiger partial charge is 0.161 e. The Hall–Kier alpha value is -2.40. The molecule has 4 nitrogen and oxygen atoms in total. The first-order valence-corrected chi connectivity index (χ1v) is 7.95. The maximum absolute atomic E-state index is 12.9. The minimum absolute atomic E-state index is 0.130. The second kappa shape index (κ2) is 7.45. The van der Waals surface area contributed by atoms with Gasteiger partial charge >= 0.3 is 0 Å². The molecule has 2 aromatic carbocycles. The van der Waals surface area contributed by atoms with Gasteiger partial charge in [0.05, 0.1) is 26.8 Å². The Morgan fingerprint density at radius 1 is 1.17 bits per heavy atom. The van der Waals surface area contributed by atoms with E-state index in [1.54, 1.807) is 32.6 Å². The molecule has 0 bridgehead atoms. The summed E-state index contributed by atoms with van der Waals surface area (Å²) in [6.07, 6.45) is 2.73. The second-order valence-corrected chi connectivity index (χ2v) is 5.71. The van der Waals surface area contributed by atoms with Crippen LogP contribution in [0.25, 0.3) is 0 Å². The Bertz CT molecular complexity index is 729. The number of hydrogen-bond donors (Lipinski definition) is 1. The second-order valence-electron chi connectivity index (χ2n) is 5.71. The van der Waals surface area contributed by atoms with Crippen molar-refractivity contribution in [2.45, 2.75) is 12.5 Å². The van der Waals surface area contributed by atoms with E-state index in [4.69, 9.17) is 9.47 Å². The fraction of sp³-hybridized carbons (Fsp3) is 0.316. The molecule has 24 heavy (non-hydrogen) atoms. The molecule has 1 aliphatic rings. The Kier molecular flexibility index (Phi) is 5.11. The number of halogens is 1. The molecule has 0 radical (unpaired) electrons. The van der Waals surface area contributed by atoms with Crippen molar-refractivity contribution in [2.75, 3.05) is 27.3 Å². The first kappa shape index (κ1) is 16.5. The molecule has 126 valence electrons. The van der Waals surface area contributed by atoms with E-state index in [1.165, 1.54) is 23.3 Å². The zero-order valence-electron chi connectivity index (χ0n) is 13.9. The van der Waals surface area contributed by atoms with Crippen LogP contribution < -0.4 is 14.8 Å². The molecule has 3 rings (SSSR count). The highest BCUT2D eigenvalue weighted by Crippen LogP contribution is 2.35. The van der Waals surface area contributed by atoms with E-state index in [9.17, 15) is 4.39 Å². The lowest BCUT2D eigenvalue weighted by molar-refractivity contribution is 0.352. The van der Waals surface area contributed by atoms with Crippen LogP contribution in [-0.4, -0.2) is 33.5 Å². The number of nitrogens with one attached hydrogen (secondary N) is 1. The number of aliphatic imine (C=N–C) groups is 1. The Balaban J connectivity index is 1.77. The molecule has 1 atom stereocenters. The predicted molar refractivity (Wildman–Crippen MR) is 92.9 cm³/mol. The van der Waals surface area contributed by atoms with Gasteiger partial charge in [0.25, 0.3) is 0 Å². The summed E-state index contributed by atoms with van der Waals surface area (Å²) in [4.78, 5) is 4.51. The zero-order chi connectivity index (χ0) is 16.9. The Morgan fingerprint density at radius 2 is 1.88 bits per heavy atom. The van der Waals surface area contributed by atoms with Crippen molar-refractivity contribution < 1.29 is 13.9 Å². The third-order valence-electron chi connectivity index (χ3n) is 4.20. The van der Waals surface area contributed by atoms with Crippen LogP contribution in [0.1, 0.15) is 22.7 Å². The molecule has 0 saturated carbocycles. The van der Waals surface area contributed by atoms with Crippen LogP contribution in [0, 0.1) is 5.82 Å². The maximum Gasteiger partial charge on any atom is 0.161 e. The monoisotopic (exact) mass is 328 g/mol. The van der Waals surface area contributed by atoms with Crippen molar-refractivity contribution in [3.63, 3.8) is 0 Å². The average molecular weight is 328 g/mol. The molecule has 0 amide bonds. The third-order valence-corrected chi connectivity index (χ3v) is 4.20. The number of hydrogen-bond acceptors (Lipinski definition) is 4. The molecule has 0 aliphatic carbocycles. The number of rotatable bonds is 5. The van der Waals surface area contributed by atoms with Gasteiger partial charge in [-0.3, -0.25) is 4.99 Å². The van der Waals surface area contributed by atoms with Crippen molar-refractivity contribution in [1.82, 2.24) is 5.32 Å². The van der Waals surface area contributed by atoms with Crippen molar-refractivity contribution in [2.24, 2.45) is 4.99 Å². The fourth-order valence-electron chi connectivity index (χ4n) is 2.94. The van der Waals surface area contributed by atoms with Gasteiger partial charge in [0.15, 0.2) is 11.5 Å². The fourth-order valence-corrected chi connectivity index (χ4v) is 2.94. The molecule has 5 heteroatoms. The number of ether oxygens (including phenoxy) is 2. The molecular weight excluding hydrogens is 307 g/mol. The highest BCUT2D eigenvalue weighted by Gasteiger charge is 2.22. The summed E-state index contributed by atoms with van der Waals surface area (Å²) in [5.41, 5.74) is 3.34. The van der Waals surface area contributed by atoms with Gasteiger partial charge in [-0.05, 0) is 53.9 Å². The van der Waals surface area contributed by atoms with Crippen LogP contribution in [0.3, 0.4) is 0 Å². The lowest BCUT2D eigenvalue weighted by Crippen LogP contribution is -2.31. The lowest BCUT2D eigenvalue weighted by Gasteiger charge is -2.27. The molecule has 1 aliphatic heterocycles. The number of nitrogens with zero attached hydrogens (tertiary/aromatic N) is 1. The number of fused-ring (bicyclic) bond motifs is 1. The van der Waals surface area contributed by atoms with Gasteiger partial charge in [-0.1, -0.05) is 12.1 Å². The van der Waals surface area contributed by atoms with Crippen LogP contribution in [0.4, 0.5) is 4.39 Å². The SMILES string of the molecule is COc1cc2c(cc1OC)C(CN=Cc1ccc(F)cc1)NCC2. The van der Waals surface area contributed by atoms with Crippen molar-refractivity contribution in [1.29, 1.82) is 0 Å². The standard InChI is InChI=1S/C19H21FN2O2/c1-23-18-9-14-7-8-22-17(16(14)10-19(18)24-2)12-21-11-13-3-5-15(20)6-4-13/h3-6,9-11,17,22H,7-8,12H2,1-2H3. The van der Waals surface area contributed by atoms with E-state index in [1.807, 2.05) is 12.1 Å². The summed E-state index contributed by atoms with van der Waals surface area (Å²) in [6.45, 7) is 1.51. The number of benzene rings is 2. The van der Waals surface area contributed by atoms with E-state index in [0.29, 0.717) is 6.54 Å². The Labute approximate surface area is 141 Å². The predicted octanol–water partition coefficient (Wildman–Crippen LogP) is 3.15. The summed E-state index contributed by atoms with van der Waals surface area (Å²) in [7, 11) is 3.29. The average Bonchev–Trinajstić information content (AvgIpc) is 2.62. The van der Waals surface area contributed by atoms with Crippen LogP contribution in [0.2, 0.25) is 0 Å². The van der Waals surface area contributed by atoms with Gasteiger partial charge < -0.3 is 14.8 Å². The van der Waals surface area contributed by atoms with E-state index in [2.05, 4.69) is 10.3 Å². The molecule has 1 heterocycles. The summed E-state index contributed by atoms with van der Waals surface area (Å²) in [5.74, 6) is 1.25. The van der Waals surface area contributed by atoms with Crippen molar-refractivity contribution in [3.05, 3.63) is 58.9 Å². The van der Waals surface area contributed by atoms with Gasteiger partial charge in [-0.2, -0.15) is 0 Å². The Morgan fingerprint density at radius 3 is 2.58 bits per heavy atom. The molecule has 1 unspecified atom stereocenters. The minimum atomic E-state index is -0.240. The third kappa shape index (κ3) is 3.57. The highest BCUT2D eigenvalue weighted by molar-refractivity contribution is 5.79. The molecular formula is C19H21FN2O2. The van der Waals surface area contributed by atoms with Crippen LogP contribution in [-0.2, 0) is 6.42 Å². The molecule has 1 N–H and O–H groups in total. The first-order valence-electron chi connectivity index (χ1n) is 7.95. The first-order chi connectivity index (χ1) is 11.7. The molecule has 0 saturated heterocycles. The molecule has 2 aromatic rings. The van der Waals surface area contributed by atoms with Crippen molar-refractivity contribution >= 4 is 6.21 Å². The quantitative estimate of drug-likeness (QED) is 0.858. The number of methoxy groups -OCH3 is 2. The molecule has 0 spiro atoms. The topological polar surface area (TPSA) is 42.9 Å². The lowest BCUT2D eigenvalue weighted by atomic mass is 9.93. The van der Waals surface area contributed by atoms with Crippen molar-refractivity contribution in [3.8, 4) is 11.5 Å². The zero-order valence-corrected chi connectivity index (χ0v) is 13.9. The van der Waals surface area contributed by atoms with Gasteiger partial charge in [-0.15, -0.1) is 0 Å². The van der Waals surface area contributed by atoms with E-state index in [-0.39, 0.29) is 11.9 Å². The summed E-state index contributed by atoms with van der Waals surface area (Å²) in [6, 6.07) is 10.5. The van der Waals surface area contributed by atoms with Gasteiger partial charge in [0.1, 0.15) is 5.82 Å². The van der Waals surface area contributed by atoms with E-state index in [0.717, 1.165) is 30.0 Å². The molecule has 0 aromatic heterocycles. The van der Waals surface area contributed by atoms with Crippen LogP contribution >= 0.6 is 0 Å². The van der Waals surface area contributed by atoms with Gasteiger partial charge in [-0.25, -0.2) is 4.39 Å². The summed E-state index contributed by atoms with van der Waals surface area (Å²) in [5, 5.41) is 3.49. The van der Waals surface area contributed by atoms with Gasteiger partial charge in [0.2, 0.25) is 0 Å². The summed E-state index contributed by atoms with van der Waals surface area (Å²) < 4.78 is 23.7. The maximum atomic E-state index is 12.9. The summed E-state index contributed by atoms with van der Waals surface area (Å²) >= 11 is 0.